The van der Waals surface area contributed by atoms with Crippen LogP contribution in [0, 0.1) is 0 Å². The number of fused-ring (bicyclic) bond motifs is 2. The van der Waals surface area contributed by atoms with Crippen molar-refractivity contribution in [2.75, 3.05) is 11.5 Å². The number of halogens is 2. The van der Waals surface area contributed by atoms with Crippen LogP contribution in [0.15, 0.2) is 73.1 Å². The number of para-hydroxylation sites is 2. The molecule has 4 rings (SSSR count). The molecule has 0 saturated heterocycles. The predicted molar refractivity (Wildman–Crippen MR) is 137 cm³/mol. The van der Waals surface area contributed by atoms with Crippen molar-refractivity contribution >= 4 is 78.4 Å². The van der Waals surface area contributed by atoms with Gasteiger partial charge in [0.1, 0.15) is 0 Å². The van der Waals surface area contributed by atoms with E-state index in [2.05, 4.69) is 103 Å². The lowest BCUT2D eigenvalue weighted by molar-refractivity contribution is -0.672. The van der Waals surface area contributed by atoms with Gasteiger partial charge in [0.15, 0.2) is 12.4 Å². The van der Waals surface area contributed by atoms with E-state index < -0.39 is 0 Å². The van der Waals surface area contributed by atoms with Crippen LogP contribution in [0.25, 0.3) is 21.8 Å². The first kappa shape index (κ1) is 20.6. The summed E-state index contributed by atoms with van der Waals surface area (Å²) in [5.41, 5.74) is 16.4. The molecule has 29 heavy (non-hydrogen) atoms. The summed E-state index contributed by atoms with van der Waals surface area (Å²) in [6, 6.07) is 20.7. The van der Waals surface area contributed by atoms with Crippen molar-refractivity contribution in [3.8, 4) is 0 Å². The first-order chi connectivity index (χ1) is 14.1. The molecule has 2 aromatic heterocycles. The fraction of sp³-hybridized carbons (Fsp3) is 0.217. The molecule has 0 aliphatic heterocycles. The number of alkyl halides is 2. The average molecular weight is 610 g/mol. The van der Waals surface area contributed by atoms with E-state index in [1.54, 1.807) is 0 Å². The fourth-order valence-electron chi connectivity index (χ4n) is 3.77. The molecule has 2 atom stereocenters. The molecular formula is C23H24I2N4+2. The highest BCUT2D eigenvalue weighted by Crippen LogP contribution is 2.27. The van der Waals surface area contributed by atoms with Gasteiger partial charge in [-0.3, -0.25) is 0 Å². The smallest absolute Gasteiger partial charge is 0.215 e. The summed E-state index contributed by atoms with van der Waals surface area (Å²) in [6.45, 7) is 0. The van der Waals surface area contributed by atoms with Gasteiger partial charge in [-0.1, -0.05) is 24.3 Å². The highest BCUT2D eigenvalue weighted by molar-refractivity contribution is 14.1. The maximum absolute atomic E-state index is 6.16. The number of pyridine rings is 2. The minimum absolute atomic E-state index is 0.384. The Morgan fingerprint density at radius 1 is 0.655 bits per heavy atom. The molecule has 4 aromatic rings. The number of nitrogen functional groups attached to an aromatic ring is 2. The summed E-state index contributed by atoms with van der Waals surface area (Å²) in [6.07, 6.45) is 7.56. The van der Waals surface area contributed by atoms with Crippen molar-refractivity contribution < 1.29 is 9.13 Å². The third kappa shape index (κ3) is 4.28. The van der Waals surface area contributed by atoms with Crippen LogP contribution in [0.5, 0.6) is 0 Å². The van der Waals surface area contributed by atoms with Crippen LogP contribution in [0.4, 0.5) is 11.4 Å². The molecule has 0 aliphatic carbocycles. The Morgan fingerprint density at radius 2 is 1.07 bits per heavy atom. The van der Waals surface area contributed by atoms with Gasteiger partial charge in [0, 0.05) is 37.1 Å². The van der Waals surface area contributed by atoms with E-state index in [0.717, 1.165) is 41.4 Å². The van der Waals surface area contributed by atoms with Crippen molar-refractivity contribution in [2.45, 2.75) is 27.4 Å². The Morgan fingerprint density at radius 3 is 1.52 bits per heavy atom. The van der Waals surface area contributed by atoms with Gasteiger partial charge < -0.3 is 11.5 Å². The van der Waals surface area contributed by atoms with Crippen molar-refractivity contribution in [3.05, 3.63) is 73.1 Å². The zero-order chi connectivity index (χ0) is 20.4. The fourth-order valence-corrected chi connectivity index (χ4v) is 5.62. The lowest BCUT2D eigenvalue weighted by Gasteiger charge is -2.11. The van der Waals surface area contributed by atoms with Crippen LogP contribution >= 0.6 is 45.2 Å². The van der Waals surface area contributed by atoms with Gasteiger partial charge in [-0.15, -0.1) is 0 Å². The number of nitrogens with two attached hydrogens (primary N) is 2. The monoisotopic (exact) mass is 610 g/mol. The molecule has 6 heteroatoms. The Labute approximate surface area is 198 Å². The molecular weight excluding hydrogens is 586 g/mol. The molecule has 2 unspecified atom stereocenters. The SMILES string of the molecule is Nc1cc[n+](C(I)CCCC(I)[n+]2ccc(N)c3ccccc32)c2ccccc12. The van der Waals surface area contributed by atoms with Crippen LogP contribution in [0.2, 0.25) is 0 Å². The number of benzene rings is 2. The van der Waals surface area contributed by atoms with Crippen molar-refractivity contribution in [3.63, 3.8) is 0 Å². The zero-order valence-corrected chi connectivity index (χ0v) is 20.3. The molecule has 0 amide bonds. The predicted octanol–water partition coefficient (Wildman–Crippen LogP) is 5.47. The Bertz CT molecular complexity index is 1070. The number of anilines is 2. The molecule has 4 N–H and O–H groups in total. The Hall–Kier alpha value is -1.68. The van der Waals surface area contributed by atoms with Crippen LogP contribution in [0.3, 0.4) is 0 Å². The second-order valence-electron chi connectivity index (χ2n) is 7.19. The van der Waals surface area contributed by atoms with Crippen molar-refractivity contribution in [1.29, 1.82) is 0 Å². The molecule has 0 radical (unpaired) electrons. The molecule has 0 fully saturated rings. The highest BCUT2D eigenvalue weighted by Gasteiger charge is 2.22. The third-order valence-electron chi connectivity index (χ3n) is 5.30. The molecule has 0 spiro atoms. The van der Waals surface area contributed by atoms with E-state index >= 15 is 0 Å². The van der Waals surface area contributed by atoms with Crippen LogP contribution in [-0.2, 0) is 0 Å². The second kappa shape index (κ2) is 8.99. The molecule has 2 aromatic carbocycles. The van der Waals surface area contributed by atoms with E-state index in [1.165, 1.54) is 11.0 Å². The Kier molecular flexibility index (Phi) is 6.38. The first-order valence-electron chi connectivity index (χ1n) is 9.71. The molecule has 0 aliphatic rings. The molecule has 2 heterocycles. The lowest BCUT2D eigenvalue weighted by atomic mass is 10.1. The van der Waals surface area contributed by atoms with E-state index in [4.69, 9.17) is 11.5 Å². The summed E-state index contributed by atoms with van der Waals surface area (Å²) in [4.78, 5) is 0. The van der Waals surface area contributed by atoms with Crippen molar-refractivity contribution in [2.24, 2.45) is 0 Å². The summed E-state index contributed by atoms with van der Waals surface area (Å²) in [5.74, 6) is 0. The Balaban J connectivity index is 1.47. The maximum atomic E-state index is 6.16. The van der Waals surface area contributed by atoms with E-state index in [0.29, 0.717) is 8.10 Å². The van der Waals surface area contributed by atoms with Crippen LogP contribution in [-0.4, -0.2) is 0 Å². The van der Waals surface area contributed by atoms with Gasteiger partial charge in [-0.25, -0.2) is 0 Å². The second-order valence-corrected chi connectivity index (χ2v) is 10.1. The number of nitrogens with zero attached hydrogens (tertiary/aromatic N) is 2. The van der Waals surface area contributed by atoms with E-state index in [-0.39, 0.29) is 0 Å². The van der Waals surface area contributed by atoms with E-state index in [1.807, 2.05) is 24.3 Å². The lowest BCUT2D eigenvalue weighted by Crippen LogP contribution is -2.38. The summed E-state index contributed by atoms with van der Waals surface area (Å²) >= 11 is 5.09. The minimum atomic E-state index is 0.384. The van der Waals surface area contributed by atoms with E-state index in [9.17, 15) is 0 Å². The van der Waals surface area contributed by atoms with Gasteiger partial charge >= 0.3 is 0 Å². The van der Waals surface area contributed by atoms with Crippen LogP contribution < -0.4 is 20.6 Å². The number of hydrogen-bond donors (Lipinski definition) is 2. The normalized spacial score (nSPS) is 13.6. The molecule has 0 saturated carbocycles. The summed E-state index contributed by atoms with van der Waals surface area (Å²) < 4.78 is 5.44. The van der Waals surface area contributed by atoms with Gasteiger partial charge in [-0.05, 0) is 63.7 Å². The average Bonchev–Trinajstić information content (AvgIpc) is 2.74. The van der Waals surface area contributed by atoms with Gasteiger partial charge in [-0.2, -0.15) is 9.13 Å². The quantitative estimate of drug-likeness (QED) is 0.173. The third-order valence-corrected chi connectivity index (χ3v) is 7.75. The largest absolute Gasteiger partial charge is 0.398 e. The minimum Gasteiger partial charge on any atom is -0.398 e. The zero-order valence-electron chi connectivity index (χ0n) is 16.0. The molecule has 148 valence electrons. The molecule has 4 nitrogen and oxygen atoms in total. The maximum Gasteiger partial charge on any atom is 0.215 e. The number of hydrogen-bond acceptors (Lipinski definition) is 2. The standard InChI is InChI=1S/C23H22I2N4/c24-22(28-14-12-18(26)16-6-1-3-8-20(16)28)10-5-11-23(25)29-15-13-19(27)17-7-2-4-9-21(17)29/h1-4,6-9,12-15,22-23,26-27H,5,10-11H2/p+2. The summed E-state index contributed by atoms with van der Waals surface area (Å²) in [5, 5.41) is 2.24. The molecule has 0 bridgehead atoms. The van der Waals surface area contributed by atoms with Crippen LogP contribution in [0.1, 0.15) is 27.4 Å². The summed E-state index contributed by atoms with van der Waals surface area (Å²) in [7, 11) is 0. The van der Waals surface area contributed by atoms with Crippen molar-refractivity contribution in [1.82, 2.24) is 0 Å². The topological polar surface area (TPSA) is 59.8 Å². The number of rotatable bonds is 6. The first-order valence-corrected chi connectivity index (χ1v) is 12.2. The van der Waals surface area contributed by atoms with Gasteiger partial charge in [0.25, 0.3) is 0 Å². The van der Waals surface area contributed by atoms with Gasteiger partial charge in [0.05, 0.1) is 22.1 Å². The number of aromatic nitrogens is 2. The van der Waals surface area contributed by atoms with Gasteiger partial charge in [0.2, 0.25) is 19.1 Å². The highest BCUT2D eigenvalue weighted by atomic mass is 127.